The minimum absolute atomic E-state index is 0.0137. The first-order chi connectivity index (χ1) is 16.4. The molecule has 2 aromatic rings. The Morgan fingerprint density at radius 1 is 1.18 bits per heavy atom. The maximum Gasteiger partial charge on any atom is 0.114 e. The van der Waals surface area contributed by atoms with E-state index in [0.717, 1.165) is 37.7 Å². The number of fused-ring (bicyclic) bond motifs is 1. The number of rotatable bonds is 7. The first-order valence-electron chi connectivity index (χ1n) is 12.0. The number of aryl methyl sites for hydroxylation is 1. The summed E-state index contributed by atoms with van der Waals surface area (Å²) in [7, 11) is 1.63. The Hall–Kier alpha value is -2.28. The molecule has 8 heteroatoms. The zero-order chi connectivity index (χ0) is 24.1. The van der Waals surface area contributed by atoms with Gasteiger partial charge in [0.1, 0.15) is 17.9 Å². The van der Waals surface area contributed by atoms with Crippen molar-refractivity contribution in [2.24, 2.45) is 0 Å². The van der Waals surface area contributed by atoms with Crippen LogP contribution in [0.4, 0.5) is 0 Å². The van der Waals surface area contributed by atoms with Crippen molar-refractivity contribution in [3.8, 4) is 11.8 Å². The van der Waals surface area contributed by atoms with Crippen molar-refractivity contribution in [2.45, 2.75) is 82.0 Å². The molecule has 2 aliphatic rings. The van der Waals surface area contributed by atoms with Gasteiger partial charge in [-0.25, -0.2) is 4.68 Å². The number of hydrogen-bond acceptors (Lipinski definition) is 7. The summed E-state index contributed by atoms with van der Waals surface area (Å²) in [5.41, 5.74) is 1.65. The van der Waals surface area contributed by atoms with Gasteiger partial charge in [0.25, 0.3) is 0 Å². The third-order valence-corrected chi connectivity index (χ3v) is 6.61. The molecule has 1 aromatic heterocycles. The van der Waals surface area contributed by atoms with E-state index in [0.29, 0.717) is 12.3 Å². The predicted octanol–water partition coefficient (Wildman–Crippen LogP) is 2.37. The normalized spacial score (nSPS) is 27.0. The fourth-order valence-corrected chi connectivity index (χ4v) is 4.67. The first-order valence-corrected chi connectivity index (χ1v) is 12.0. The van der Waals surface area contributed by atoms with Crippen molar-refractivity contribution in [3.63, 3.8) is 0 Å². The monoisotopic (exact) mass is 469 g/mol. The van der Waals surface area contributed by atoms with E-state index < -0.39 is 5.60 Å². The second kappa shape index (κ2) is 11.0. The third-order valence-electron chi connectivity index (χ3n) is 6.61. The molecule has 0 radical (unpaired) electrons. The number of methoxy groups -OCH3 is 1. The highest BCUT2D eigenvalue weighted by Crippen LogP contribution is 2.38. The van der Waals surface area contributed by atoms with Crippen molar-refractivity contribution < 1.29 is 24.4 Å². The summed E-state index contributed by atoms with van der Waals surface area (Å²) >= 11 is 0. The summed E-state index contributed by atoms with van der Waals surface area (Å²) in [6.45, 7) is 3.84. The molecule has 0 saturated carbocycles. The van der Waals surface area contributed by atoms with Gasteiger partial charge in [-0.3, -0.25) is 0 Å². The minimum atomic E-state index is -1.07. The van der Waals surface area contributed by atoms with Crippen LogP contribution in [0, 0.1) is 11.8 Å². The van der Waals surface area contributed by atoms with Crippen LogP contribution in [0.5, 0.6) is 0 Å². The smallest absolute Gasteiger partial charge is 0.114 e. The van der Waals surface area contributed by atoms with Gasteiger partial charge in [0, 0.05) is 19.1 Å². The molecule has 0 aliphatic carbocycles. The van der Waals surface area contributed by atoms with Crippen LogP contribution in [0.25, 0.3) is 0 Å². The Balaban J connectivity index is 1.48. The van der Waals surface area contributed by atoms with Gasteiger partial charge in [-0.1, -0.05) is 29.2 Å². The lowest BCUT2D eigenvalue weighted by atomic mass is 9.88. The van der Waals surface area contributed by atoms with Crippen LogP contribution in [0.3, 0.4) is 0 Å². The summed E-state index contributed by atoms with van der Waals surface area (Å²) < 4.78 is 19.5. The van der Waals surface area contributed by atoms with E-state index in [9.17, 15) is 10.2 Å². The molecule has 4 rings (SSSR count). The fraction of sp³-hybridized carbons (Fsp3) is 0.615. The van der Waals surface area contributed by atoms with E-state index in [1.54, 1.807) is 27.2 Å². The molecule has 2 saturated heterocycles. The number of hydrogen-bond donors (Lipinski definition) is 2. The maximum absolute atomic E-state index is 10.3. The maximum atomic E-state index is 10.3. The van der Waals surface area contributed by atoms with Crippen LogP contribution in [0.2, 0.25) is 0 Å². The molecular weight excluding hydrogens is 434 g/mol. The first kappa shape index (κ1) is 24.8. The lowest BCUT2D eigenvalue weighted by Crippen LogP contribution is -2.51. The summed E-state index contributed by atoms with van der Waals surface area (Å²) in [5.74, 6) is 6.06. The molecule has 0 spiro atoms. The van der Waals surface area contributed by atoms with Crippen LogP contribution in [0.1, 0.15) is 62.4 Å². The zero-order valence-electron chi connectivity index (χ0n) is 20.2. The lowest BCUT2D eigenvalue weighted by Gasteiger charge is -2.45. The molecule has 2 fully saturated rings. The number of benzene rings is 1. The molecule has 1 aromatic carbocycles. The Labute approximate surface area is 201 Å². The lowest BCUT2D eigenvalue weighted by molar-refractivity contribution is -0.209. The van der Waals surface area contributed by atoms with E-state index in [-0.39, 0.29) is 37.1 Å². The average molecular weight is 470 g/mol. The topological polar surface area (TPSA) is 98.9 Å². The summed E-state index contributed by atoms with van der Waals surface area (Å²) in [4.78, 5) is 0. The van der Waals surface area contributed by atoms with Crippen LogP contribution in [-0.2, 0) is 26.2 Å². The summed E-state index contributed by atoms with van der Waals surface area (Å²) in [6.07, 6.45) is 5.61. The standard InChI is InChI=1S/C26H35N3O5/c1-26(2,31)25-16-29(28-27-25)21-15-24-23(13-11-20(17-30)33-24)34-22(21)12-10-19-8-6-18(7-9-19)5-4-14-32-3/h6-9,16,20-24,30-31H,10-15,17H2,1-3H3/t20-,21+,22-,23+,24+/m1/s1. The minimum Gasteiger partial charge on any atom is -0.394 e. The van der Waals surface area contributed by atoms with Gasteiger partial charge in [-0.05, 0) is 57.2 Å². The highest BCUT2D eigenvalue weighted by molar-refractivity contribution is 5.36. The van der Waals surface area contributed by atoms with Crippen molar-refractivity contribution >= 4 is 0 Å². The average Bonchev–Trinajstić information content (AvgIpc) is 3.34. The molecule has 8 nitrogen and oxygen atoms in total. The Kier molecular flexibility index (Phi) is 8.02. The highest BCUT2D eigenvalue weighted by Gasteiger charge is 2.43. The van der Waals surface area contributed by atoms with E-state index >= 15 is 0 Å². The van der Waals surface area contributed by atoms with Crippen molar-refractivity contribution in [1.29, 1.82) is 0 Å². The van der Waals surface area contributed by atoms with Crippen LogP contribution < -0.4 is 0 Å². The summed E-state index contributed by atoms with van der Waals surface area (Å²) in [6, 6.07) is 8.21. The highest BCUT2D eigenvalue weighted by atomic mass is 16.6. The number of aliphatic hydroxyl groups is 2. The Morgan fingerprint density at radius 3 is 2.65 bits per heavy atom. The van der Waals surface area contributed by atoms with Gasteiger partial charge in [0.05, 0.1) is 43.3 Å². The van der Waals surface area contributed by atoms with E-state index in [2.05, 4.69) is 34.3 Å². The van der Waals surface area contributed by atoms with Gasteiger partial charge >= 0.3 is 0 Å². The quantitative estimate of drug-likeness (QED) is 0.601. The van der Waals surface area contributed by atoms with Crippen LogP contribution in [-0.4, -0.2) is 69.9 Å². The van der Waals surface area contributed by atoms with Gasteiger partial charge in [0.2, 0.25) is 0 Å². The zero-order valence-corrected chi connectivity index (χ0v) is 20.2. The van der Waals surface area contributed by atoms with E-state index in [1.807, 2.05) is 16.8 Å². The second-order valence-electron chi connectivity index (χ2n) is 9.69. The van der Waals surface area contributed by atoms with E-state index in [1.165, 1.54) is 5.56 Å². The molecule has 5 atom stereocenters. The Morgan fingerprint density at radius 2 is 1.97 bits per heavy atom. The number of ether oxygens (including phenoxy) is 3. The molecular formula is C26H35N3O5. The van der Waals surface area contributed by atoms with Gasteiger partial charge < -0.3 is 24.4 Å². The Bertz CT molecular complexity index is 988. The molecule has 34 heavy (non-hydrogen) atoms. The summed E-state index contributed by atoms with van der Waals surface area (Å²) in [5, 5.41) is 28.4. The molecule has 2 N–H and O–H groups in total. The van der Waals surface area contributed by atoms with Crippen molar-refractivity contribution in [1.82, 2.24) is 15.0 Å². The SMILES string of the molecule is COCC#Cc1ccc(CC[C@H]2O[C@H]3CC[C@H](CO)O[C@H]3C[C@@H]2n2cc(C(C)(C)O)nn2)cc1. The number of aliphatic hydroxyl groups excluding tert-OH is 1. The third kappa shape index (κ3) is 6.04. The second-order valence-corrected chi connectivity index (χ2v) is 9.69. The van der Waals surface area contributed by atoms with Crippen LogP contribution >= 0.6 is 0 Å². The molecule has 0 unspecified atom stereocenters. The molecule has 3 heterocycles. The van der Waals surface area contributed by atoms with Crippen molar-refractivity contribution in [2.75, 3.05) is 20.3 Å². The predicted molar refractivity (Wildman–Crippen MR) is 126 cm³/mol. The number of aromatic nitrogens is 3. The van der Waals surface area contributed by atoms with Gasteiger partial charge in [-0.2, -0.15) is 0 Å². The fourth-order valence-electron chi connectivity index (χ4n) is 4.67. The largest absolute Gasteiger partial charge is 0.394 e. The van der Waals surface area contributed by atoms with Crippen molar-refractivity contribution in [3.05, 3.63) is 47.3 Å². The molecule has 0 bridgehead atoms. The van der Waals surface area contributed by atoms with Gasteiger partial charge in [0.15, 0.2) is 0 Å². The molecule has 184 valence electrons. The molecule has 0 amide bonds. The number of nitrogens with zero attached hydrogens (tertiary/aromatic N) is 3. The van der Waals surface area contributed by atoms with E-state index in [4.69, 9.17) is 14.2 Å². The molecule has 2 aliphatic heterocycles. The van der Waals surface area contributed by atoms with Crippen LogP contribution in [0.15, 0.2) is 30.5 Å². The van der Waals surface area contributed by atoms with Gasteiger partial charge in [-0.15, -0.1) is 5.10 Å².